The first-order chi connectivity index (χ1) is 22.4. The number of carbonyl (C=O) groups is 4. The highest BCUT2D eigenvalue weighted by Gasteiger charge is 2.76. The Morgan fingerprint density at radius 2 is 1.57 bits per heavy atom. The maximum Gasteiger partial charge on any atom is 0.258 e. The molecule has 0 unspecified atom stereocenters. The zero-order chi connectivity index (χ0) is 33.6. The van der Waals surface area contributed by atoms with Crippen molar-refractivity contribution in [2.75, 3.05) is 16.9 Å². The van der Waals surface area contributed by atoms with Gasteiger partial charge in [-0.1, -0.05) is 30.7 Å². The van der Waals surface area contributed by atoms with Crippen LogP contribution in [0, 0.1) is 27.1 Å². The van der Waals surface area contributed by atoms with Crippen LogP contribution in [0.25, 0.3) is 0 Å². The van der Waals surface area contributed by atoms with Gasteiger partial charge >= 0.3 is 0 Å². The molecule has 1 N–H and O–H groups in total. The Balaban J connectivity index is 1.40. The van der Waals surface area contributed by atoms with Crippen molar-refractivity contribution in [2.24, 2.45) is 17.8 Å². The van der Waals surface area contributed by atoms with Gasteiger partial charge in [0.2, 0.25) is 11.8 Å². The summed E-state index contributed by atoms with van der Waals surface area (Å²) in [5.74, 6) is -6.29. The number of aryl methyl sites for hydroxylation is 1. The second-order valence-corrected chi connectivity index (χ2v) is 14.7. The van der Waals surface area contributed by atoms with Gasteiger partial charge in [0, 0.05) is 5.92 Å². The third-order valence-electron chi connectivity index (χ3n) is 10.1. The van der Waals surface area contributed by atoms with Crippen LogP contribution < -0.4 is 14.5 Å². The van der Waals surface area contributed by atoms with Gasteiger partial charge in [-0.3, -0.25) is 24.1 Å². The van der Waals surface area contributed by atoms with E-state index in [4.69, 9.17) is 27.9 Å². The highest BCUT2D eigenvalue weighted by molar-refractivity contribution is 14.1. The number of halogens is 4. The number of phenols is 1. The number of alkyl halides is 2. The summed E-state index contributed by atoms with van der Waals surface area (Å²) in [6.45, 7) is 2.01. The highest BCUT2D eigenvalue weighted by atomic mass is 127. The van der Waals surface area contributed by atoms with E-state index in [2.05, 4.69) is 0 Å². The molecule has 47 heavy (non-hydrogen) atoms. The van der Waals surface area contributed by atoms with Crippen molar-refractivity contribution in [2.45, 2.75) is 41.9 Å². The maximum atomic E-state index is 14.5. The van der Waals surface area contributed by atoms with Crippen molar-refractivity contribution < 1.29 is 33.4 Å². The molecule has 0 radical (unpaired) electrons. The summed E-state index contributed by atoms with van der Waals surface area (Å²) >= 11 is 16.8. The van der Waals surface area contributed by atoms with Gasteiger partial charge in [0.05, 0.1) is 33.9 Å². The molecule has 0 spiro atoms. The molecule has 242 valence electrons. The van der Waals surface area contributed by atoms with E-state index in [9.17, 15) is 28.7 Å². The van der Waals surface area contributed by atoms with Gasteiger partial charge in [-0.25, -0.2) is 9.29 Å². The fourth-order valence-corrected chi connectivity index (χ4v) is 9.38. The lowest BCUT2D eigenvalue weighted by molar-refractivity contribution is -0.125. The number of allylic oxidation sites excluding steroid dienone is 2. The van der Waals surface area contributed by atoms with E-state index < -0.39 is 57.0 Å². The predicted molar refractivity (Wildman–Crippen MR) is 182 cm³/mol. The molecule has 12 heteroatoms. The van der Waals surface area contributed by atoms with Crippen LogP contribution in [-0.2, 0) is 25.6 Å². The van der Waals surface area contributed by atoms with Gasteiger partial charge in [0.1, 0.15) is 5.82 Å². The van der Waals surface area contributed by atoms with E-state index in [0.717, 1.165) is 29.0 Å². The lowest BCUT2D eigenvalue weighted by Crippen LogP contribution is -2.60. The van der Waals surface area contributed by atoms with Crippen molar-refractivity contribution in [1.82, 2.24) is 0 Å². The molecule has 2 saturated heterocycles. The lowest BCUT2D eigenvalue weighted by Gasteiger charge is -2.50. The summed E-state index contributed by atoms with van der Waals surface area (Å²) in [5.41, 5.74) is 2.65. The molecule has 3 fully saturated rings. The van der Waals surface area contributed by atoms with Crippen molar-refractivity contribution in [3.05, 3.63) is 92.8 Å². The Morgan fingerprint density at radius 1 is 0.936 bits per heavy atom. The number of rotatable bonds is 5. The Kier molecular flexibility index (Phi) is 7.72. The molecule has 6 atom stereocenters. The predicted octanol–water partition coefficient (Wildman–Crippen LogP) is 6.47. The number of methoxy groups -OCH3 is 1. The van der Waals surface area contributed by atoms with Gasteiger partial charge in [0.15, 0.2) is 21.2 Å². The van der Waals surface area contributed by atoms with Crippen LogP contribution >= 0.6 is 45.8 Å². The average molecular weight is 789 g/mol. The molecule has 7 rings (SSSR count). The normalized spacial score (nSPS) is 29.9. The highest BCUT2D eigenvalue weighted by Crippen LogP contribution is 2.66. The minimum Gasteiger partial charge on any atom is -0.504 e. The number of hydrogen-bond donors (Lipinski definition) is 1. The fraction of sp³-hybridized carbons (Fsp3) is 0.314. The van der Waals surface area contributed by atoms with E-state index in [-0.39, 0.29) is 35.9 Å². The van der Waals surface area contributed by atoms with E-state index in [1.165, 1.54) is 24.1 Å². The van der Waals surface area contributed by atoms with Crippen LogP contribution in [0.1, 0.15) is 36.8 Å². The minimum absolute atomic E-state index is 0.0936. The molecule has 0 bridgehead atoms. The van der Waals surface area contributed by atoms with Gasteiger partial charge in [-0.15, -0.1) is 23.2 Å². The zero-order valence-corrected chi connectivity index (χ0v) is 28.8. The number of carbonyl (C=O) groups excluding carboxylic acids is 4. The second-order valence-electron chi connectivity index (χ2n) is 12.3. The molecular weight excluding hydrogens is 761 g/mol. The van der Waals surface area contributed by atoms with Crippen molar-refractivity contribution in [3.8, 4) is 11.5 Å². The summed E-state index contributed by atoms with van der Waals surface area (Å²) in [4.78, 5) is 55.0. The van der Waals surface area contributed by atoms with Crippen LogP contribution in [-0.4, -0.2) is 45.6 Å². The van der Waals surface area contributed by atoms with E-state index in [1.54, 1.807) is 24.3 Å². The standard InChI is InChI=1S/C35H28Cl2FIN2O6/c1-3-17-4-8-20(9-5-17)40-30(43)23-13-12-22-24(27(23)31(40)44)16-34(36)32(45)41(21-10-6-19(38)7-11-21)33(46)35(34,37)28(22)18-14-25(39)29(42)26(15-18)47-2/h4-12,14-15,23-24,27-28,42H,3,13,16H2,1-2H3/t23-,24+,27-,28-,34+,35-/m0/s1. The number of nitrogens with zero attached hydrogens (tertiary/aromatic N) is 2. The summed E-state index contributed by atoms with van der Waals surface area (Å²) in [6, 6.07) is 15.3. The minimum atomic E-state index is -2.10. The molecule has 3 aromatic carbocycles. The molecule has 2 heterocycles. The molecule has 1 saturated carbocycles. The van der Waals surface area contributed by atoms with Crippen LogP contribution in [0.5, 0.6) is 11.5 Å². The van der Waals surface area contributed by atoms with Crippen LogP contribution in [0.15, 0.2) is 72.3 Å². The summed E-state index contributed by atoms with van der Waals surface area (Å²) in [6.07, 6.45) is 2.65. The molecule has 8 nitrogen and oxygen atoms in total. The smallest absolute Gasteiger partial charge is 0.258 e. The molecule has 4 amide bonds. The van der Waals surface area contributed by atoms with Gasteiger partial charge in [0.25, 0.3) is 11.8 Å². The first-order valence-electron chi connectivity index (χ1n) is 15.1. The molecule has 3 aromatic rings. The van der Waals surface area contributed by atoms with E-state index >= 15 is 0 Å². The van der Waals surface area contributed by atoms with Gasteiger partial charge < -0.3 is 9.84 Å². The van der Waals surface area contributed by atoms with Crippen molar-refractivity contribution in [3.63, 3.8) is 0 Å². The van der Waals surface area contributed by atoms with Gasteiger partial charge in [-0.05, 0) is 107 Å². The number of benzene rings is 3. The maximum absolute atomic E-state index is 14.5. The van der Waals surface area contributed by atoms with Crippen LogP contribution in [0.2, 0.25) is 0 Å². The number of amides is 4. The topological polar surface area (TPSA) is 104 Å². The van der Waals surface area contributed by atoms with Gasteiger partial charge in [-0.2, -0.15) is 0 Å². The van der Waals surface area contributed by atoms with Crippen molar-refractivity contribution >= 4 is 80.8 Å². The second kappa shape index (κ2) is 11.3. The van der Waals surface area contributed by atoms with E-state index in [1.807, 2.05) is 47.7 Å². The third-order valence-corrected chi connectivity index (χ3v) is 12.3. The summed E-state index contributed by atoms with van der Waals surface area (Å²) in [7, 11) is 1.39. The number of fused-ring (bicyclic) bond motifs is 4. The number of ether oxygens (including phenoxy) is 1. The largest absolute Gasteiger partial charge is 0.504 e. The number of imide groups is 2. The molecular formula is C35H28Cl2FIN2O6. The van der Waals surface area contributed by atoms with Crippen LogP contribution in [0.3, 0.4) is 0 Å². The summed E-state index contributed by atoms with van der Waals surface area (Å²) in [5, 5.41) is 10.7. The molecule has 2 aliphatic carbocycles. The number of hydrogen-bond acceptors (Lipinski definition) is 6. The quantitative estimate of drug-likeness (QED) is 0.138. The average Bonchev–Trinajstić information content (AvgIpc) is 3.40. The number of anilines is 2. The van der Waals surface area contributed by atoms with E-state index in [0.29, 0.717) is 20.4 Å². The SMILES string of the molecule is CCc1ccc(N2C(=O)[C@H]3[C@H](CC=C4[C@H]3C[C@@]3(Cl)C(=O)N(c5ccc(F)cc5)C(=O)[C@@]3(Cl)[C@H]4c3cc(I)c(O)c(OC)c3)C2=O)cc1. The Bertz CT molecular complexity index is 1900. The monoisotopic (exact) mass is 788 g/mol. The Labute approximate surface area is 293 Å². The Morgan fingerprint density at radius 3 is 2.21 bits per heavy atom. The van der Waals surface area contributed by atoms with Crippen molar-refractivity contribution in [1.29, 1.82) is 0 Å². The first kappa shape index (κ1) is 32.1. The Hall–Kier alpha value is -3.48. The number of phenolic OH excluding ortho intramolecular Hbond substituents is 1. The number of aromatic hydroxyl groups is 1. The summed E-state index contributed by atoms with van der Waals surface area (Å²) < 4.78 is 19.7. The zero-order valence-electron chi connectivity index (χ0n) is 25.2. The first-order valence-corrected chi connectivity index (χ1v) is 17.0. The fourth-order valence-electron chi connectivity index (χ4n) is 7.82. The molecule has 0 aromatic heterocycles. The lowest BCUT2D eigenvalue weighted by atomic mass is 9.56. The van der Waals surface area contributed by atoms with Crippen LogP contribution in [0.4, 0.5) is 15.8 Å². The molecule has 2 aliphatic heterocycles. The third kappa shape index (κ3) is 4.43. The molecule has 4 aliphatic rings.